The maximum atomic E-state index is 14.2. The number of halogens is 1. The van der Waals surface area contributed by atoms with Crippen molar-refractivity contribution in [3.8, 4) is 11.5 Å². The van der Waals surface area contributed by atoms with Crippen LogP contribution >= 0.6 is 11.6 Å². The summed E-state index contributed by atoms with van der Waals surface area (Å²) in [4.78, 5) is 29.1. The second kappa shape index (κ2) is 16.2. The molecule has 11 heteroatoms. The van der Waals surface area contributed by atoms with Gasteiger partial charge in [0.15, 0.2) is 6.61 Å². The van der Waals surface area contributed by atoms with Crippen LogP contribution in [0.25, 0.3) is 0 Å². The number of fused-ring (bicyclic) bond motifs is 3. The highest BCUT2D eigenvalue weighted by Gasteiger charge is 2.38. The molecule has 0 saturated heterocycles. The van der Waals surface area contributed by atoms with Crippen molar-refractivity contribution >= 4 is 39.0 Å². The Balaban J connectivity index is 1.38. The van der Waals surface area contributed by atoms with Gasteiger partial charge in [-0.2, -0.15) is 0 Å². The summed E-state index contributed by atoms with van der Waals surface area (Å²) in [6.45, 7) is 1.50. The Morgan fingerprint density at radius 2 is 1.92 bits per heavy atom. The van der Waals surface area contributed by atoms with Crippen molar-refractivity contribution in [2.75, 3.05) is 37.5 Å². The number of carbonyl (C=O) groups is 2. The third kappa shape index (κ3) is 9.04. The number of para-hydroxylation sites is 1. The first-order chi connectivity index (χ1) is 23.8. The molecule has 2 aliphatic heterocycles. The van der Waals surface area contributed by atoms with E-state index in [2.05, 4.69) is 32.2 Å². The van der Waals surface area contributed by atoms with E-state index in [4.69, 9.17) is 25.8 Å². The summed E-state index contributed by atoms with van der Waals surface area (Å²) in [5.41, 5.74) is 3.43. The molecular weight excluding hydrogens is 662 g/mol. The molecule has 49 heavy (non-hydrogen) atoms. The van der Waals surface area contributed by atoms with Crippen LogP contribution in [0, 0.1) is 11.8 Å². The number of nitrogens with one attached hydrogen (secondary N) is 1. The Labute approximate surface area is 294 Å². The lowest BCUT2D eigenvalue weighted by Gasteiger charge is -2.43. The van der Waals surface area contributed by atoms with Gasteiger partial charge in [0, 0.05) is 30.8 Å². The van der Waals surface area contributed by atoms with Gasteiger partial charge in [-0.1, -0.05) is 48.0 Å². The van der Waals surface area contributed by atoms with Crippen LogP contribution in [0.2, 0.25) is 5.02 Å². The number of aryl methyl sites for hydroxylation is 1. The lowest BCUT2D eigenvalue weighted by molar-refractivity contribution is -0.121. The molecule has 0 aromatic heterocycles. The van der Waals surface area contributed by atoms with Crippen LogP contribution in [0.3, 0.4) is 0 Å². The van der Waals surface area contributed by atoms with Crippen molar-refractivity contribution in [2.45, 2.75) is 57.6 Å². The Hall–Kier alpha value is -3.86. The molecule has 3 aromatic rings. The van der Waals surface area contributed by atoms with Crippen molar-refractivity contribution in [3.05, 3.63) is 101 Å². The summed E-state index contributed by atoms with van der Waals surface area (Å²) in [6.07, 6.45) is 9.96. The van der Waals surface area contributed by atoms with E-state index in [1.807, 2.05) is 24.3 Å². The standard InChI is InChI=1S/C38H44ClN3O6S/c1-46-35-13-6-3-9-21-49(45,40-37(43)26-48-32-11-4-2-5-12-32)41-38(44)28-16-19-36-34(23-28)42(25-30-15-18-33(30)35)24-29-14-17-31(39)22-27(29)10-7-8-20-47-36/h2,4-6,11-14,16-17,19,22-23,30,33,35H,3,7-10,15,18,20-21,24-26H2,1H3,(H,40,41,43,44,45)/b13-6+/t30-,33+,35-,49?/m0/s1. The van der Waals surface area contributed by atoms with E-state index in [-0.39, 0.29) is 24.0 Å². The van der Waals surface area contributed by atoms with Crippen LogP contribution in [0.4, 0.5) is 5.69 Å². The molecule has 260 valence electrons. The average Bonchev–Trinajstić information content (AvgIpc) is 3.11. The van der Waals surface area contributed by atoms with Gasteiger partial charge in [0.25, 0.3) is 11.8 Å². The van der Waals surface area contributed by atoms with E-state index in [1.54, 1.807) is 43.5 Å². The molecule has 6 rings (SSSR count). The zero-order chi connectivity index (χ0) is 34.2. The molecule has 3 aliphatic rings. The van der Waals surface area contributed by atoms with Gasteiger partial charge in [0.2, 0.25) is 0 Å². The van der Waals surface area contributed by atoms with Crippen molar-refractivity contribution in [1.82, 2.24) is 4.72 Å². The van der Waals surface area contributed by atoms with E-state index >= 15 is 0 Å². The molecule has 2 bridgehead atoms. The molecule has 9 nitrogen and oxygen atoms in total. The van der Waals surface area contributed by atoms with Crippen LogP contribution < -0.4 is 19.1 Å². The number of nitrogens with zero attached hydrogens (tertiary/aromatic N) is 2. The molecule has 1 aliphatic carbocycles. The van der Waals surface area contributed by atoms with Crippen molar-refractivity contribution in [3.63, 3.8) is 0 Å². The third-order valence-electron chi connectivity index (χ3n) is 9.53. The normalized spacial score (nSPS) is 25.1. The molecule has 1 unspecified atom stereocenters. The fourth-order valence-electron chi connectivity index (χ4n) is 6.79. The molecular formula is C38H44ClN3O6S. The number of carbonyl (C=O) groups excluding carboxylic acids is 2. The first-order valence-corrected chi connectivity index (χ1v) is 19.1. The van der Waals surface area contributed by atoms with E-state index in [1.165, 1.54) is 11.1 Å². The van der Waals surface area contributed by atoms with Gasteiger partial charge < -0.3 is 19.1 Å². The van der Waals surface area contributed by atoms with Crippen molar-refractivity contribution in [2.24, 2.45) is 16.2 Å². The maximum absolute atomic E-state index is 14.2. The van der Waals surface area contributed by atoms with Crippen LogP contribution in [0.15, 0.2) is 83.2 Å². The van der Waals surface area contributed by atoms with E-state index in [9.17, 15) is 13.8 Å². The smallest absolute Gasteiger partial charge is 0.286 e. The lowest BCUT2D eigenvalue weighted by Crippen LogP contribution is -2.43. The Morgan fingerprint density at radius 1 is 1.06 bits per heavy atom. The minimum absolute atomic E-state index is 0.00335. The number of ether oxygens (including phenoxy) is 3. The number of anilines is 1. The van der Waals surface area contributed by atoms with E-state index in [0.29, 0.717) is 54.4 Å². The zero-order valence-corrected chi connectivity index (χ0v) is 29.4. The van der Waals surface area contributed by atoms with E-state index < -0.39 is 21.7 Å². The van der Waals surface area contributed by atoms with Gasteiger partial charge >= 0.3 is 0 Å². The number of hydrogen-bond acceptors (Lipinski definition) is 7. The predicted molar refractivity (Wildman–Crippen MR) is 193 cm³/mol. The monoisotopic (exact) mass is 705 g/mol. The summed E-state index contributed by atoms with van der Waals surface area (Å²) >= 11 is 6.45. The fourth-order valence-corrected chi connectivity index (χ4v) is 8.57. The minimum Gasteiger partial charge on any atom is -0.491 e. The largest absolute Gasteiger partial charge is 0.491 e. The fraction of sp³-hybridized carbons (Fsp3) is 0.421. The second-order valence-corrected chi connectivity index (χ2v) is 15.4. The van der Waals surface area contributed by atoms with E-state index in [0.717, 1.165) is 44.3 Å². The molecule has 3 aromatic carbocycles. The topological polar surface area (TPSA) is 107 Å². The second-order valence-electron chi connectivity index (χ2n) is 12.9. The van der Waals surface area contributed by atoms with Crippen LogP contribution in [-0.4, -0.2) is 54.7 Å². The highest BCUT2D eigenvalue weighted by molar-refractivity contribution is 7.92. The van der Waals surface area contributed by atoms with Crippen LogP contribution in [-0.2, 0) is 32.4 Å². The predicted octanol–water partition coefficient (Wildman–Crippen LogP) is 7.17. The molecule has 2 amide bonds. The van der Waals surface area contributed by atoms with Crippen LogP contribution in [0.1, 0.15) is 60.0 Å². The number of allylic oxidation sites excluding steroid dienone is 1. The number of rotatable bonds is 5. The Morgan fingerprint density at radius 3 is 2.71 bits per heavy atom. The van der Waals surface area contributed by atoms with Crippen LogP contribution in [0.5, 0.6) is 11.5 Å². The van der Waals surface area contributed by atoms with Crippen molar-refractivity contribution < 1.29 is 28.0 Å². The summed E-state index contributed by atoms with van der Waals surface area (Å²) in [5.74, 6) is 0.602. The summed E-state index contributed by atoms with van der Waals surface area (Å²) < 4.78 is 38.8. The molecule has 0 radical (unpaired) electrons. The molecule has 2 heterocycles. The van der Waals surface area contributed by atoms with Gasteiger partial charge in [-0.25, -0.2) is 4.21 Å². The number of hydrogen-bond donors (Lipinski definition) is 1. The first-order valence-electron chi connectivity index (χ1n) is 17.1. The highest BCUT2D eigenvalue weighted by atomic mass is 35.5. The summed E-state index contributed by atoms with van der Waals surface area (Å²) in [6, 6.07) is 20.2. The van der Waals surface area contributed by atoms with Crippen molar-refractivity contribution in [1.29, 1.82) is 0 Å². The van der Waals surface area contributed by atoms with Gasteiger partial charge in [-0.05, 0) is 110 Å². The Kier molecular flexibility index (Phi) is 11.6. The molecule has 4 atom stereocenters. The van der Waals surface area contributed by atoms with Gasteiger partial charge in [0.1, 0.15) is 21.4 Å². The number of benzene rings is 3. The lowest BCUT2D eigenvalue weighted by atomic mass is 9.70. The molecule has 0 spiro atoms. The maximum Gasteiger partial charge on any atom is 0.286 e. The Bertz CT molecular complexity index is 1790. The molecule has 1 saturated carbocycles. The van der Waals surface area contributed by atoms with Gasteiger partial charge in [0.05, 0.1) is 24.2 Å². The van der Waals surface area contributed by atoms with Gasteiger partial charge in [-0.15, -0.1) is 4.36 Å². The number of methoxy groups -OCH3 is 1. The summed E-state index contributed by atoms with van der Waals surface area (Å²) in [5, 5.41) is 0.712. The zero-order valence-electron chi connectivity index (χ0n) is 27.9. The highest BCUT2D eigenvalue weighted by Crippen LogP contribution is 2.42. The first kappa shape index (κ1) is 35.0. The molecule has 1 N–H and O–H groups in total. The average molecular weight is 706 g/mol. The number of amides is 2. The minimum atomic E-state index is -3.48. The SMILES string of the molecule is CO[C@H]1/C=C/CCCS(=O)(NC(=O)COc2ccccc2)=NC(=O)c2ccc3c(c2)N(Cc2ccc(Cl)cc2CCCCO3)C[C@@H]2CC[C@H]21. The quantitative estimate of drug-likeness (QED) is 0.281. The summed E-state index contributed by atoms with van der Waals surface area (Å²) in [7, 11) is -1.73. The van der Waals surface area contributed by atoms with Gasteiger partial charge in [-0.3, -0.25) is 14.3 Å². The third-order valence-corrected chi connectivity index (χ3v) is 11.6. The molecule has 1 fully saturated rings.